The predicted octanol–water partition coefficient (Wildman–Crippen LogP) is 1.33. The first-order valence-corrected chi connectivity index (χ1v) is 17.9. The lowest BCUT2D eigenvalue weighted by Crippen LogP contribution is -2.55. The van der Waals surface area contributed by atoms with Crippen molar-refractivity contribution < 1.29 is 58.7 Å². The van der Waals surface area contributed by atoms with Gasteiger partial charge in [0.1, 0.15) is 28.7 Å². The number of imide groups is 2. The quantitative estimate of drug-likeness (QED) is 0.191. The van der Waals surface area contributed by atoms with Gasteiger partial charge in [-0.1, -0.05) is 13.8 Å². The van der Waals surface area contributed by atoms with Crippen LogP contribution in [0.2, 0.25) is 0 Å². The fourth-order valence-electron chi connectivity index (χ4n) is 4.86. The van der Waals surface area contributed by atoms with Gasteiger partial charge in [-0.25, -0.2) is 30.7 Å². The molecular weight excluding hydrogens is 687 g/mol. The van der Waals surface area contributed by atoms with Crippen LogP contribution in [0.25, 0.3) is 0 Å². The SMILES string of the molecule is CC[C@]1(CS(=O)(=O)Cl)NC(=O)NC1=O.CC[C@]1(CS(=O)(=O)N2CCC(Oc3ccc(OCC(F)(F)F)cc3)CC2)NC(=O)NC1=O. The summed E-state index contributed by atoms with van der Waals surface area (Å²) < 4.78 is 95.7. The molecule has 2 atom stereocenters. The normalized spacial score (nSPS) is 24.3. The van der Waals surface area contributed by atoms with Crippen molar-refractivity contribution in [2.45, 2.75) is 62.9 Å². The van der Waals surface area contributed by atoms with Gasteiger partial charge in [-0.15, -0.1) is 0 Å². The first-order valence-electron chi connectivity index (χ1n) is 13.8. The van der Waals surface area contributed by atoms with E-state index in [4.69, 9.17) is 15.4 Å². The standard InChI is InChI=1S/C19H24F3N3O6S.C6H9ClN2O4S/c1-2-18(16(26)23-17(27)24-18)12-32(28,29)25-9-7-15(8-10-25)31-14-5-3-13(4-6-14)30-11-19(20,21)22;1-2-6(3-14(7,12)13)4(10)8-5(11)9-6/h3-6,15H,2,7-12H2,1H3,(H2,23,24,26,27);2-3H2,1H3,(H2,8,9,10,11)/t18-;6-/m11/s1. The highest BCUT2D eigenvalue weighted by molar-refractivity contribution is 8.13. The third-order valence-electron chi connectivity index (χ3n) is 7.41. The Morgan fingerprint density at radius 1 is 0.848 bits per heavy atom. The Hall–Kier alpha value is -3.36. The number of benzene rings is 1. The van der Waals surface area contributed by atoms with Crippen molar-refractivity contribution in [2.24, 2.45) is 0 Å². The van der Waals surface area contributed by atoms with E-state index >= 15 is 0 Å². The summed E-state index contributed by atoms with van der Waals surface area (Å²) in [5, 5.41) is 8.73. The Bertz CT molecular complexity index is 1540. The van der Waals surface area contributed by atoms with Crippen LogP contribution in [0.5, 0.6) is 11.5 Å². The Morgan fingerprint density at radius 2 is 1.30 bits per heavy atom. The van der Waals surface area contributed by atoms with E-state index in [0.717, 1.165) is 0 Å². The second kappa shape index (κ2) is 14.2. The molecule has 0 saturated carbocycles. The lowest BCUT2D eigenvalue weighted by Gasteiger charge is -2.34. The first-order chi connectivity index (χ1) is 21.2. The molecular formula is C25H33ClF3N5O10S2. The summed E-state index contributed by atoms with van der Waals surface area (Å²) >= 11 is 0. The second-order valence-corrected chi connectivity index (χ2v) is 15.5. The van der Waals surface area contributed by atoms with Crippen molar-refractivity contribution in [2.75, 3.05) is 31.2 Å². The summed E-state index contributed by atoms with van der Waals surface area (Å²) in [7, 11) is -2.62. The molecule has 3 aliphatic rings. The molecule has 3 heterocycles. The van der Waals surface area contributed by atoms with E-state index in [2.05, 4.69) is 20.7 Å². The van der Waals surface area contributed by atoms with E-state index in [1.807, 2.05) is 5.32 Å². The molecule has 258 valence electrons. The van der Waals surface area contributed by atoms with Crippen LogP contribution in [0.4, 0.5) is 22.8 Å². The number of hydrogen-bond acceptors (Lipinski definition) is 10. The molecule has 4 rings (SSSR count). The van der Waals surface area contributed by atoms with Crippen LogP contribution < -0.4 is 30.7 Å². The molecule has 3 fully saturated rings. The van der Waals surface area contributed by atoms with Gasteiger partial charge in [0.2, 0.25) is 19.1 Å². The number of ether oxygens (including phenoxy) is 2. The maximum atomic E-state index is 12.9. The number of nitrogens with one attached hydrogen (secondary N) is 4. The molecule has 15 nitrogen and oxygen atoms in total. The van der Waals surface area contributed by atoms with Crippen molar-refractivity contribution in [3.05, 3.63) is 24.3 Å². The molecule has 1 aromatic carbocycles. The summed E-state index contributed by atoms with van der Waals surface area (Å²) in [6.07, 6.45) is -3.62. The number of halogens is 4. The number of nitrogens with zero attached hydrogens (tertiary/aromatic N) is 1. The molecule has 4 N–H and O–H groups in total. The Kier molecular flexibility index (Phi) is 11.4. The average molecular weight is 720 g/mol. The summed E-state index contributed by atoms with van der Waals surface area (Å²) in [6.45, 7) is 2.18. The number of amides is 6. The lowest BCUT2D eigenvalue weighted by atomic mass is 10.00. The van der Waals surface area contributed by atoms with Crippen molar-refractivity contribution in [1.29, 1.82) is 0 Å². The molecule has 21 heteroatoms. The Labute approximate surface area is 267 Å². The number of piperidine rings is 1. The number of rotatable bonds is 11. The number of carbonyl (C=O) groups excluding carboxylic acids is 4. The van der Waals surface area contributed by atoms with Crippen LogP contribution in [-0.4, -0.2) is 99.6 Å². The fraction of sp³-hybridized carbons (Fsp3) is 0.600. The van der Waals surface area contributed by atoms with Gasteiger partial charge in [-0.2, -0.15) is 13.2 Å². The summed E-state index contributed by atoms with van der Waals surface area (Å²) in [6, 6.07) is 4.30. The van der Waals surface area contributed by atoms with Crippen molar-refractivity contribution in [3.8, 4) is 11.5 Å². The smallest absolute Gasteiger partial charge is 0.422 e. The average Bonchev–Trinajstić information content (AvgIpc) is 3.39. The third kappa shape index (κ3) is 9.82. The van der Waals surface area contributed by atoms with E-state index < -0.39 is 78.3 Å². The van der Waals surface area contributed by atoms with E-state index in [1.165, 1.54) is 28.6 Å². The van der Waals surface area contributed by atoms with Crippen LogP contribution in [0, 0.1) is 0 Å². The molecule has 0 radical (unpaired) electrons. The van der Waals surface area contributed by atoms with E-state index in [1.54, 1.807) is 13.8 Å². The van der Waals surface area contributed by atoms with E-state index in [0.29, 0.717) is 18.6 Å². The molecule has 0 spiro atoms. The summed E-state index contributed by atoms with van der Waals surface area (Å²) in [4.78, 5) is 45.7. The third-order valence-corrected chi connectivity index (χ3v) is 10.6. The minimum Gasteiger partial charge on any atom is -0.490 e. The van der Waals surface area contributed by atoms with Gasteiger partial charge < -0.3 is 20.1 Å². The zero-order valence-corrected chi connectivity index (χ0v) is 27.0. The molecule has 46 heavy (non-hydrogen) atoms. The number of urea groups is 2. The lowest BCUT2D eigenvalue weighted by molar-refractivity contribution is -0.153. The van der Waals surface area contributed by atoms with Gasteiger partial charge in [0.25, 0.3) is 11.8 Å². The Morgan fingerprint density at radius 3 is 1.70 bits per heavy atom. The number of alkyl halides is 3. The van der Waals surface area contributed by atoms with Crippen molar-refractivity contribution >= 4 is 53.6 Å². The summed E-state index contributed by atoms with van der Waals surface area (Å²) in [5.74, 6) is -1.96. The molecule has 0 bridgehead atoms. The van der Waals surface area contributed by atoms with Crippen LogP contribution in [0.1, 0.15) is 39.5 Å². The molecule has 1 aromatic rings. The zero-order chi connectivity index (χ0) is 34.6. The van der Waals surface area contributed by atoms with Gasteiger partial charge >= 0.3 is 18.2 Å². The van der Waals surface area contributed by atoms with Crippen LogP contribution >= 0.6 is 10.7 Å². The minimum atomic E-state index is -4.42. The molecule has 0 aliphatic carbocycles. The van der Waals surface area contributed by atoms with Gasteiger partial charge in [0.15, 0.2) is 6.61 Å². The molecule has 3 saturated heterocycles. The van der Waals surface area contributed by atoms with E-state index in [-0.39, 0.29) is 37.8 Å². The number of carbonyl (C=O) groups is 4. The van der Waals surface area contributed by atoms with Crippen LogP contribution in [-0.2, 0) is 28.7 Å². The van der Waals surface area contributed by atoms with Crippen LogP contribution in [0.3, 0.4) is 0 Å². The Balaban J connectivity index is 0.000000344. The second-order valence-electron chi connectivity index (χ2n) is 10.7. The van der Waals surface area contributed by atoms with Crippen LogP contribution in [0.15, 0.2) is 24.3 Å². The molecule has 0 unspecified atom stereocenters. The van der Waals surface area contributed by atoms with Gasteiger partial charge in [-0.05, 0) is 49.9 Å². The van der Waals surface area contributed by atoms with Crippen molar-refractivity contribution in [1.82, 2.24) is 25.6 Å². The largest absolute Gasteiger partial charge is 0.490 e. The number of hydrogen-bond donors (Lipinski definition) is 4. The van der Waals surface area contributed by atoms with Crippen molar-refractivity contribution in [3.63, 3.8) is 0 Å². The van der Waals surface area contributed by atoms with E-state index in [9.17, 15) is 49.2 Å². The number of sulfonamides is 1. The highest BCUT2D eigenvalue weighted by Gasteiger charge is 2.49. The predicted molar refractivity (Wildman–Crippen MR) is 156 cm³/mol. The highest BCUT2D eigenvalue weighted by atomic mass is 35.7. The monoisotopic (exact) mass is 719 g/mol. The molecule has 0 aromatic heterocycles. The maximum Gasteiger partial charge on any atom is 0.422 e. The zero-order valence-electron chi connectivity index (χ0n) is 24.6. The molecule has 3 aliphatic heterocycles. The van der Waals surface area contributed by atoms with Gasteiger partial charge in [0.05, 0.1) is 11.5 Å². The fourth-order valence-corrected chi connectivity index (χ4v) is 8.39. The summed E-state index contributed by atoms with van der Waals surface area (Å²) in [5.41, 5.74) is -2.91. The van der Waals surface area contributed by atoms with Gasteiger partial charge in [0, 0.05) is 23.8 Å². The first kappa shape index (κ1) is 37.1. The molecule has 6 amide bonds. The topological polar surface area (TPSA) is 206 Å². The highest BCUT2D eigenvalue weighted by Crippen LogP contribution is 2.26. The maximum absolute atomic E-state index is 12.9. The minimum absolute atomic E-state index is 0.0588. The van der Waals surface area contributed by atoms with Gasteiger partial charge in [-0.3, -0.25) is 20.2 Å².